The number of aromatic nitrogens is 2. The molecule has 2 heterocycles. The molecule has 1 aromatic carbocycles. The topological polar surface area (TPSA) is 71.5 Å². The number of aliphatic imine (C=N–C) groups is 1. The van der Waals surface area contributed by atoms with Gasteiger partial charge < -0.3 is 9.52 Å². The zero-order valence-electron chi connectivity index (χ0n) is 12.1. The molecule has 0 amide bonds. The highest BCUT2D eigenvalue weighted by Crippen LogP contribution is 2.28. The lowest BCUT2D eigenvalue weighted by molar-refractivity contribution is 0.336. The summed E-state index contributed by atoms with van der Waals surface area (Å²) in [6.45, 7) is 1.94. The molecule has 0 saturated heterocycles. The lowest BCUT2D eigenvalue weighted by Crippen LogP contribution is -2.00. The summed E-state index contributed by atoms with van der Waals surface area (Å²) in [7, 11) is 0. The predicted molar refractivity (Wildman–Crippen MR) is 84.3 cm³/mol. The standard InChI is InChI=1S/C17H15N3O2/c1-2-13(19-14-10-6-7-11-18-14)15-17(21)22-16(20-15)12-8-4-3-5-9-12/h3-11,21H,2H2,1H3. The van der Waals surface area contributed by atoms with Crippen molar-refractivity contribution >= 4 is 11.5 Å². The summed E-state index contributed by atoms with van der Waals surface area (Å²) in [6.07, 6.45) is 2.27. The second-order valence-electron chi connectivity index (χ2n) is 4.64. The Kier molecular flexibility index (Phi) is 3.96. The van der Waals surface area contributed by atoms with E-state index in [1.807, 2.05) is 49.4 Å². The van der Waals surface area contributed by atoms with Crippen molar-refractivity contribution in [3.63, 3.8) is 0 Å². The van der Waals surface area contributed by atoms with Gasteiger partial charge in [0.05, 0.1) is 5.71 Å². The average molecular weight is 293 g/mol. The van der Waals surface area contributed by atoms with Crippen LogP contribution in [0.15, 0.2) is 64.1 Å². The summed E-state index contributed by atoms with van der Waals surface area (Å²) in [4.78, 5) is 13.0. The molecule has 0 unspecified atom stereocenters. The number of hydrogen-bond donors (Lipinski definition) is 1. The third-order valence-electron chi connectivity index (χ3n) is 3.14. The van der Waals surface area contributed by atoms with Gasteiger partial charge in [0.2, 0.25) is 5.89 Å². The van der Waals surface area contributed by atoms with E-state index in [-0.39, 0.29) is 5.95 Å². The van der Waals surface area contributed by atoms with Crippen LogP contribution in [0.3, 0.4) is 0 Å². The molecule has 2 aromatic heterocycles. The van der Waals surface area contributed by atoms with Gasteiger partial charge in [-0.25, -0.2) is 15.0 Å². The highest BCUT2D eigenvalue weighted by atomic mass is 16.5. The molecule has 5 nitrogen and oxygen atoms in total. The zero-order chi connectivity index (χ0) is 15.4. The molecule has 3 rings (SSSR count). The van der Waals surface area contributed by atoms with Crippen LogP contribution in [0.25, 0.3) is 11.5 Å². The predicted octanol–water partition coefficient (Wildman–Crippen LogP) is 3.97. The van der Waals surface area contributed by atoms with E-state index in [9.17, 15) is 5.11 Å². The average Bonchev–Trinajstić information content (AvgIpc) is 2.96. The summed E-state index contributed by atoms with van der Waals surface area (Å²) in [6, 6.07) is 14.9. The van der Waals surface area contributed by atoms with Crippen molar-refractivity contribution in [1.29, 1.82) is 0 Å². The van der Waals surface area contributed by atoms with Gasteiger partial charge in [-0.3, -0.25) is 0 Å². The Bertz CT molecular complexity index is 780. The third-order valence-corrected chi connectivity index (χ3v) is 3.14. The van der Waals surface area contributed by atoms with Gasteiger partial charge in [-0.1, -0.05) is 31.2 Å². The molecule has 0 radical (unpaired) electrons. The number of nitrogens with zero attached hydrogens (tertiary/aromatic N) is 3. The van der Waals surface area contributed by atoms with E-state index in [0.29, 0.717) is 29.5 Å². The van der Waals surface area contributed by atoms with E-state index in [4.69, 9.17) is 4.42 Å². The van der Waals surface area contributed by atoms with Crippen LogP contribution in [0.2, 0.25) is 0 Å². The van der Waals surface area contributed by atoms with Gasteiger partial charge in [0.15, 0.2) is 11.5 Å². The molecule has 0 aliphatic heterocycles. The maximum absolute atomic E-state index is 10.0. The molecule has 0 bridgehead atoms. The molecule has 0 atom stereocenters. The number of oxazole rings is 1. The van der Waals surface area contributed by atoms with Crippen LogP contribution < -0.4 is 0 Å². The van der Waals surface area contributed by atoms with E-state index in [2.05, 4.69) is 15.0 Å². The van der Waals surface area contributed by atoms with Crippen LogP contribution in [0.1, 0.15) is 19.0 Å². The Morgan fingerprint density at radius 3 is 2.59 bits per heavy atom. The summed E-state index contributed by atoms with van der Waals surface area (Å²) >= 11 is 0. The maximum atomic E-state index is 10.0. The SMILES string of the molecule is CCC(=Nc1ccccn1)c1nc(-c2ccccc2)oc1O. The normalized spacial score (nSPS) is 11.6. The van der Waals surface area contributed by atoms with E-state index in [1.165, 1.54) is 0 Å². The van der Waals surface area contributed by atoms with Crippen LogP contribution >= 0.6 is 0 Å². The van der Waals surface area contributed by atoms with Gasteiger partial charge >= 0.3 is 5.95 Å². The molecular weight excluding hydrogens is 278 g/mol. The van der Waals surface area contributed by atoms with Crippen molar-refractivity contribution in [2.45, 2.75) is 13.3 Å². The number of aromatic hydroxyl groups is 1. The minimum absolute atomic E-state index is 0.226. The molecule has 3 aromatic rings. The Hall–Kier alpha value is -2.95. The fraction of sp³-hybridized carbons (Fsp3) is 0.118. The number of benzene rings is 1. The summed E-state index contributed by atoms with van der Waals surface area (Å²) in [5.74, 6) is 0.716. The van der Waals surface area contributed by atoms with Gasteiger partial charge in [-0.15, -0.1) is 0 Å². The van der Waals surface area contributed by atoms with Gasteiger partial charge in [-0.2, -0.15) is 0 Å². The fourth-order valence-electron chi connectivity index (χ4n) is 2.06. The molecule has 110 valence electrons. The van der Waals surface area contributed by atoms with Crippen molar-refractivity contribution in [3.8, 4) is 17.4 Å². The van der Waals surface area contributed by atoms with Crippen LogP contribution in [-0.4, -0.2) is 20.8 Å². The Morgan fingerprint density at radius 2 is 1.91 bits per heavy atom. The highest BCUT2D eigenvalue weighted by molar-refractivity contribution is 6.02. The summed E-state index contributed by atoms with van der Waals surface area (Å²) in [5.41, 5.74) is 1.78. The first-order valence-corrected chi connectivity index (χ1v) is 7.02. The summed E-state index contributed by atoms with van der Waals surface area (Å²) in [5, 5.41) is 10.0. The third kappa shape index (κ3) is 2.88. The molecule has 0 saturated carbocycles. The minimum Gasteiger partial charge on any atom is -0.479 e. The Morgan fingerprint density at radius 1 is 1.14 bits per heavy atom. The van der Waals surface area contributed by atoms with Gasteiger partial charge in [-0.05, 0) is 30.7 Å². The first-order chi connectivity index (χ1) is 10.8. The van der Waals surface area contributed by atoms with E-state index in [1.54, 1.807) is 12.3 Å². The molecule has 0 fully saturated rings. The van der Waals surface area contributed by atoms with E-state index >= 15 is 0 Å². The second kappa shape index (κ2) is 6.22. The van der Waals surface area contributed by atoms with E-state index in [0.717, 1.165) is 5.56 Å². The smallest absolute Gasteiger partial charge is 0.312 e. The number of hydrogen-bond acceptors (Lipinski definition) is 5. The molecule has 22 heavy (non-hydrogen) atoms. The molecular formula is C17H15N3O2. The molecule has 1 N–H and O–H groups in total. The van der Waals surface area contributed by atoms with Crippen LogP contribution in [-0.2, 0) is 0 Å². The van der Waals surface area contributed by atoms with Crippen molar-refractivity contribution in [3.05, 3.63) is 60.4 Å². The largest absolute Gasteiger partial charge is 0.479 e. The number of pyridine rings is 1. The van der Waals surface area contributed by atoms with Crippen molar-refractivity contribution in [2.24, 2.45) is 4.99 Å². The molecule has 5 heteroatoms. The molecule has 0 aliphatic rings. The quantitative estimate of drug-likeness (QED) is 0.739. The highest BCUT2D eigenvalue weighted by Gasteiger charge is 2.18. The zero-order valence-corrected chi connectivity index (χ0v) is 12.1. The lowest BCUT2D eigenvalue weighted by atomic mass is 10.2. The van der Waals surface area contributed by atoms with Gasteiger partial charge in [0.25, 0.3) is 0 Å². The van der Waals surface area contributed by atoms with E-state index < -0.39 is 0 Å². The lowest BCUT2D eigenvalue weighted by Gasteiger charge is -1.99. The van der Waals surface area contributed by atoms with Crippen molar-refractivity contribution in [1.82, 2.24) is 9.97 Å². The summed E-state index contributed by atoms with van der Waals surface area (Å²) < 4.78 is 5.36. The Balaban J connectivity index is 2.00. The maximum Gasteiger partial charge on any atom is 0.312 e. The van der Waals surface area contributed by atoms with Crippen molar-refractivity contribution < 1.29 is 9.52 Å². The van der Waals surface area contributed by atoms with Gasteiger partial charge in [0, 0.05) is 11.8 Å². The van der Waals surface area contributed by atoms with Crippen LogP contribution in [0.5, 0.6) is 5.95 Å². The first-order valence-electron chi connectivity index (χ1n) is 7.02. The van der Waals surface area contributed by atoms with Crippen LogP contribution in [0, 0.1) is 0 Å². The number of rotatable bonds is 4. The first kappa shape index (κ1) is 14.0. The molecule has 0 aliphatic carbocycles. The van der Waals surface area contributed by atoms with Gasteiger partial charge in [0.1, 0.15) is 0 Å². The van der Waals surface area contributed by atoms with Crippen molar-refractivity contribution in [2.75, 3.05) is 0 Å². The second-order valence-corrected chi connectivity index (χ2v) is 4.64. The minimum atomic E-state index is -0.226. The Labute approximate surface area is 128 Å². The monoisotopic (exact) mass is 293 g/mol. The molecule has 0 spiro atoms. The fourth-order valence-corrected chi connectivity index (χ4v) is 2.06. The van der Waals surface area contributed by atoms with Crippen LogP contribution in [0.4, 0.5) is 5.82 Å².